The van der Waals surface area contributed by atoms with Gasteiger partial charge in [-0.15, -0.1) is 0 Å². The van der Waals surface area contributed by atoms with Crippen LogP contribution in [-0.2, 0) is 0 Å². The van der Waals surface area contributed by atoms with Gasteiger partial charge in [-0.05, 0) is 201 Å². The fraction of sp³-hybridized carbons (Fsp3) is 0.0526. The molecule has 0 aliphatic rings. The predicted octanol–water partition coefficient (Wildman–Crippen LogP) is 29.7. The second-order valence-electron chi connectivity index (χ2n) is 32.8. The van der Waals surface area contributed by atoms with Crippen LogP contribution in [0.3, 0.4) is 0 Å². The Kier molecular flexibility index (Phi) is 18.1. The third kappa shape index (κ3) is 12.2. The smallest absolute Gasteiger partial charge is 0.194 e. The van der Waals surface area contributed by atoms with Crippen molar-refractivity contribution in [3.63, 3.8) is 0 Å². The molecule has 594 valence electrons. The number of para-hydroxylation sites is 7. The molecule has 0 amide bonds. The molecule has 0 N–H and O–H groups in total. The zero-order valence-corrected chi connectivity index (χ0v) is 70.0. The molecular formula is C114H78N12. The van der Waals surface area contributed by atoms with Crippen LogP contribution in [0, 0.1) is 66.0 Å². The summed E-state index contributed by atoms with van der Waals surface area (Å²) in [6, 6.07) is 123. The lowest BCUT2D eigenvalue weighted by atomic mass is 10.0. The molecule has 24 rings (SSSR count). The summed E-state index contributed by atoms with van der Waals surface area (Å²) in [5.41, 5.74) is 31.3. The van der Waals surface area contributed by atoms with E-state index in [1.807, 2.05) is 85.3 Å². The van der Waals surface area contributed by atoms with Crippen molar-refractivity contribution in [3.05, 3.63) is 426 Å². The SMILES string of the molecule is Cc1ccc2c3ccccc3n(-c3nccc(-c4ccc(C#N)cc4)c3-n3c4ccccc4c4ccc(C)cc43)c2c1.[C-]#[N+]c1cccc(-c2ccnc(-n3c4ccccc4c4ccc(C)cc43)c2-n2c3ccccc3c3ccc(C)cc32)c1.[C-]#[N+]c1ccccc1-c1ccnc(-n2c3ccccc3c3ccc(C)cc32)c1-n1c2ccccc2c2ccc(C)cc21. The second-order valence-corrected chi connectivity index (χ2v) is 32.8. The van der Waals surface area contributed by atoms with Crippen LogP contribution in [0.1, 0.15) is 38.9 Å². The van der Waals surface area contributed by atoms with E-state index in [-0.39, 0.29) is 0 Å². The number of rotatable bonds is 9. The summed E-state index contributed by atoms with van der Waals surface area (Å²) < 4.78 is 14.0. The number of hydrogen-bond donors (Lipinski definition) is 0. The molecule has 9 aromatic heterocycles. The van der Waals surface area contributed by atoms with Crippen LogP contribution in [0.2, 0.25) is 0 Å². The second kappa shape index (κ2) is 30.3. The van der Waals surface area contributed by atoms with Crippen molar-refractivity contribution < 1.29 is 0 Å². The van der Waals surface area contributed by atoms with E-state index in [1.165, 1.54) is 98.0 Å². The highest BCUT2D eigenvalue weighted by Crippen LogP contribution is 2.48. The van der Waals surface area contributed by atoms with Gasteiger partial charge in [0, 0.05) is 99.9 Å². The largest absolute Gasteiger partial charge is 0.305 e. The van der Waals surface area contributed by atoms with E-state index < -0.39 is 0 Å². The van der Waals surface area contributed by atoms with E-state index in [0.29, 0.717) is 16.9 Å². The average Bonchev–Trinajstić information content (AvgIpc) is 1.55. The van der Waals surface area contributed by atoms with Gasteiger partial charge < -0.3 is 13.7 Å². The van der Waals surface area contributed by atoms with Crippen molar-refractivity contribution in [2.75, 3.05) is 0 Å². The number of pyridine rings is 3. The summed E-state index contributed by atoms with van der Waals surface area (Å²) in [6.07, 6.45) is 5.68. The Bertz CT molecular complexity index is 8790. The molecule has 0 spiro atoms. The van der Waals surface area contributed by atoms with Crippen molar-refractivity contribution >= 4 is 142 Å². The summed E-state index contributed by atoms with van der Waals surface area (Å²) >= 11 is 0. The molecule has 12 heteroatoms. The van der Waals surface area contributed by atoms with Crippen LogP contribution in [0.25, 0.3) is 208 Å². The van der Waals surface area contributed by atoms with Crippen LogP contribution in [-0.4, -0.2) is 42.4 Å². The Balaban J connectivity index is 0.000000112. The fourth-order valence-electron chi connectivity index (χ4n) is 19.3. The summed E-state index contributed by atoms with van der Waals surface area (Å²) in [7, 11) is 0. The molecule has 0 fully saturated rings. The van der Waals surface area contributed by atoms with Gasteiger partial charge in [-0.2, -0.15) is 5.26 Å². The quantitative estimate of drug-likeness (QED) is 0.134. The molecule has 0 saturated carbocycles. The minimum Gasteiger partial charge on any atom is -0.305 e. The first-order chi connectivity index (χ1) is 61.9. The number of fused-ring (bicyclic) bond motifs is 18. The highest BCUT2D eigenvalue weighted by atomic mass is 15.2. The van der Waals surface area contributed by atoms with Crippen LogP contribution >= 0.6 is 0 Å². The van der Waals surface area contributed by atoms with E-state index in [9.17, 15) is 5.26 Å². The molecule has 9 heterocycles. The van der Waals surface area contributed by atoms with E-state index >= 15 is 0 Å². The predicted molar refractivity (Wildman–Crippen MR) is 521 cm³/mol. The molecule has 0 atom stereocenters. The van der Waals surface area contributed by atoms with Crippen LogP contribution in [0.15, 0.2) is 364 Å². The monoisotopic (exact) mass is 1610 g/mol. The molecule has 0 bridgehead atoms. The molecule has 0 unspecified atom stereocenters. The molecule has 15 aromatic carbocycles. The summed E-state index contributed by atoms with van der Waals surface area (Å²) in [5, 5.41) is 23.8. The van der Waals surface area contributed by atoms with E-state index in [2.05, 4.69) is 364 Å². The minimum atomic E-state index is 0.613. The normalized spacial score (nSPS) is 11.5. The molecule has 0 saturated heterocycles. The fourth-order valence-corrected chi connectivity index (χ4v) is 19.3. The summed E-state index contributed by atoms with van der Waals surface area (Å²) in [6.45, 7) is 28.5. The van der Waals surface area contributed by atoms with Gasteiger partial charge in [0.1, 0.15) is 0 Å². The van der Waals surface area contributed by atoms with Gasteiger partial charge in [-0.1, -0.05) is 237 Å². The maximum absolute atomic E-state index is 9.49. The Hall–Kier alpha value is -17.0. The number of hydrogen-bond acceptors (Lipinski definition) is 4. The first-order valence-electron chi connectivity index (χ1n) is 42.3. The van der Waals surface area contributed by atoms with Gasteiger partial charge in [0.05, 0.1) is 108 Å². The summed E-state index contributed by atoms with van der Waals surface area (Å²) in [5.74, 6) is 2.53. The Morgan fingerprint density at radius 2 is 0.524 bits per heavy atom. The van der Waals surface area contributed by atoms with Gasteiger partial charge in [0.25, 0.3) is 0 Å². The standard InChI is InChI=1S/3C38H26N4/c1-24-16-18-29-27-11-5-8-14-33(27)41(35(29)22-24)37-31(26-10-4-7-13-32(26)39-3)20-21-40-38(37)42-34-15-9-6-12-28(34)30-19-17-25(2)23-36(30)42;1-24-15-17-31-29-11-4-6-13-33(29)41(35(31)21-24)37-28(26-9-8-10-27(23-26)39-3)19-20-40-38(37)42-34-14-7-5-12-30(34)32-18-16-25(2)22-36(32)42;1-24-11-17-31-29-7-3-5-9-33(29)41(35(31)21-24)37-28(27-15-13-26(23-39)14-16-27)19-20-40-38(37)42-34-10-6-4-8-30(34)32-18-12-25(2)22-36(32)42/h2*4-23H,1-2H3;3-22H,1-2H3. The van der Waals surface area contributed by atoms with Gasteiger partial charge in [0.15, 0.2) is 28.8 Å². The Morgan fingerprint density at radius 1 is 0.238 bits per heavy atom. The average molecular weight is 1620 g/mol. The van der Waals surface area contributed by atoms with Gasteiger partial charge in [-0.3, -0.25) is 13.7 Å². The van der Waals surface area contributed by atoms with Crippen LogP contribution < -0.4 is 0 Å². The third-order valence-corrected chi connectivity index (χ3v) is 24.9. The van der Waals surface area contributed by atoms with Crippen molar-refractivity contribution in [1.29, 1.82) is 5.26 Å². The zero-order valence-electron chi connectivity index (χ0n) is 70.0. The number of benzene rings is 15. The van der Waals surface area contributed by atoms with Crippen molar-refractivity contribution in [3.8, 4) is 74.0 Å². The van der Waals surface area contributed by atoms with Gasteiger partial charge in [0.2, 0.25) is 0 Å². The number of aromatic nitrogens is 9. The first kappa shape index (κ1) is 75.2. The lowest BCUT2D eigenvalue weighted by Crippen LogP contribution is -2.08. The first-order valence-corrected chi connectivity index (χ1v) is 42.3. The Morgan fingerprint density at radius 3 is 0.857 bits per heavy atom. The number of nitriles is 1. The van der Waals surface area contributed by atoms with E-state index in [1.54, 1.807) is 0 Å². The van der Waals surface area contributed by atoms with Crippen LogP contribution in [0.5, 0.6) is 0 Å². The van der Waals surface area contributed by atoms with E-state index in [4.69, 9.17) is 28.1 Å². The highest BCUT2D eigenvalue weighted by molar-refractivity contribution is 6.17. The lowest BCUT2D eigenvalue weighted by molar-refractivity contribution is 1.03. The molecule has 24 aromatic rings. The molecule has 0 aliphatic heterocycles. The zero-order chi connectivity index (χ0) is 85.1. The lowest BCUT2D eigenvalue weighted by Gasteiger charge is -2.20. The molecule has 0 radical (unpaired) electrons. The molecule has 0 aliphatic carbocycles. The van der Waals surface area contributed by atoms with Crippen LogP contribution in [0.4, 0.5) is 11.4 Å². The molecule has 12 nitrogen and oxygen atoms in total. The third-order valence-electron chi connectivity index (χ3n) is 24.9. The molecule has 126 heavy (non-hydrogen) atoms. The van der Waals surface area contributed by atoms with Gasteiger partial charge in [-0.25, -0.2) is 24.6 Å². The van der Waals surface area contributed by atoms with Crippen molar-refractivity contribution in [1.82, 2.24) is 42.4 Å². The minimum absolute atomic E-state index is 0.613. The van der Waals surface area contributed by atoms with Crippen molar-refractivity contribution in [2.24, 2.45) is 0 Å². The summed E-state index contributed by atoms with van der Waals surface area (Å²) in [4.78, 5) is 23.1. The molecular weight excluding hydrogens is 1540 g/mol. The highest BCUT2D eigenvalue weighted by Gasteiger charge is 2.29. The van der Waals surface area contributed by atoms with Gasteiger partial charge >= 0.3 is 0 Å². The maximum atomic E-state index is 9.49. The maximum Gasteiger partial charge on any atom is 0.194 e. The number of aryl methyl sites for hydroxylation is 6. The van der Waals surface area contributed by atoms with E-state index in [0.717, 1.165) is 134 Å². The number of nitrogens with zero attached hydrogens (tertiary/aromatic N) is 12. The van der Waals surface area contributed by atoms with Crippen molar-refractivity contribution in [2.45, 2.75) is 41.5 Å². The topological polar surface area (TPSA) is 101 Å². The Labute approximate surface area is 726 Å².